The number of nitriles is 1. The largest absolute Gasteiger partial charge is 0.493 e. The molecule has 4 aromatic rings. The van der Waals surface area contributed by atoms with Crippen molar-refractivity contribution in [2.24, 2.45) is 5.73 Å². The maximum absolute atomic E-state index is 14.1. The Kier molecular flexibility index (Phi) is 7.30. The van der Waals surface area contributed by atoms with Crippen LogP contribution >= 0.6 is 11.6 Å². The van der Waals surface area contributed by atoms with Crippen LogP contribution in [0.15, 0.2) is 72.1 Å². The number of fused-ring (bicyclic) bond motifs is 1. The highest BCUT2D eigenvalue weighted by Crippen LogP contribution is 2.46. The number of allylic oxidation sites excluding steroid dienone is 1. The van der Waals surface area contributed by atoms with E-state index in [1.807, 2.05) is 37.3 Å². The molecule has 1 aliphatic rings. The van der Waals surface area contributed by atoms with Gasteiger partial charge in [-0.15, -0.1) is 5.10 Å². The number of halogens is 2. The standard InChI is InChI=1S/C29H24ClFN4O4/c1-3-37-23-12-9-17(13-24(23)36-2)27-26-25(19(14-32)28(33)39-29(26)35-34-27)16-7-10-18(11-8-16)38-15-20-21(30)5-4-6-22(20)31/h4-13,25H,3,15,33H2,1-2H3,(H,34,35)/t25-/m1/s1. The number of aromatic nitrogens is 2. The van der Waals surface area contributed by atoms with Crippen LogP contribution < -0.4 is 24.7 Å². The van der Waals surface area contributed by atoms with Crippen molar-refractivity contribution in [2.45, 2.75) is 19.4 Å². The zero-order valence-electron chi connectivity index (χ0n) is 21.1. The average Bonchev–Trinajstić information content (AvgIpc) is 3.36. The summed E-state index contributed by atoms with van der Waals surface area (Å²) < 4.78 is 36.8. The molecule has 1 aliphatic heterocycles. The predicted molar refractivity (Wildman–Crippen MR) is 143 cm³/mol. The summed E-state index contributed by atoms with van der Waals surface area (Å²) >= 11 is 6.11. The van der Waals surface area contributed by atoms with Crippen molar-refractivity contribution < 1.29 is 23.3 Å². The van der Waals surface area contributed by atoms with Gasteiger partial charge in [-0.05, 0) is 55.0 Å². The summed E-state index contributed by atoms with van der Waals surface area (Å²) in [7, 11) is 1.57. The fourth-order valence-corrected chi connectivity index (χ4v) is 4.70. The van der Waals surface area contributed by atoms with Crippen LogP contribution in [0.5, 0.6) is 23.1 Å². The van der Waals surface area contributed by atoms with Crippen LogP contribution in [0.3, 0.4) is 0 Å². The minimum absolute atomic E-state index is 0.0214. The minimum atomic E-state index is -0.569. The summed E-state index contributed by atoms with van der Waals surface area (Å²) in [5.74, 6) is 0.911. The third-order valence-electron chi connectivity index (χ3n) is 6.35. The molecule has 0 unspecified atom stereocenters. The number of H-pyrrole nitrogens is 1. The molecular formula is C29H24ClFN4O4. The van der Waals surface area contributed by atoms with E-state index in [1.165, 1.54) is 12.1 Å². The summed E-state index contributed by atoms with van der Waals surface area (Å²) in [5, 5.41) is 17.6. The molecule has 1 atom stereocenters. The number of hydrogen-bond acceptors (Lipinski definition) is 7. The molecule has 0 saturated carbocycles. The number of methoxy groups -OCH3 is 1. The van der Waals surface area contributed by atoms with E-state index in [-0.39, 0.29) is 29.5 Å². The van der Waals surface area contributed by atoms with Gasteiger partial charge in [0.2, 0.25) is 11.8 Å². The van der Waals surface area contributed by atoms with Crippen LogP contribution in [0.4, 0.5) is 4.39 Å². The number of hydrogen-bond donors (Lipinski definition) is 2. The lowest BCUT2D eigenvalue weighted by molar-refractivity contribution is 0.300. The van der Waals surface area contributed by atoms with Gasteiger partial charge >= 0.3 is 0 Å². The van der Waals surface area contributed by atoms with Crippen molar-refractivity contribution >= 4 is 11.6 Å². The van der Waals surface area contributed by atoms with Gasteiger partial charge in [0.05, 0.1) is 35.9 Å². The van der Waals surface area contributed by atoms with Crippen LogP contribution in [0.25, 0.3) is 11.3 Å². The molecule has 0 fully saturated rings. The molecule has 0 spiro atoms. The van der Waals surface area contributed by atoms with Crippen molar-refractivity contribution in [3.63, 3.8) is 0 Å². The first kappa shape index (κ1) is 25.9. The first-order valence-corrected chi connectivity index (χ1v) is 12.5. The maximum Gasteiger partial charge on any atom is 0.244 e. The van der Waals surface area contributed by atoms with E-state index in [0.29, 0.717) is 40.1 Å². The van der Waals surface area contributed by atoms with Crippen LogP contribution in [0.1, 0.15) is 29.5 Å². The number of ether oxygens (including phenoxy) is 4. The molecule has 0 bridgehead atoms. The topological polar surface area (TPSA) is 115 Å². The lowest BCUT2D eigenvalue weighted by atomic mass is 9.83. The molecule has 5 rings (SSSR count). The minimum Gasteiger partial charge on any atom is -0.493 e. The zero-order valence-corrected chi connectivity index (χ0v) is 21.9. The highest BCUT2D eigenvalue weighted by Gasteiger charge is 2.35. The van der Waals surface area contributed by atoms with Crippen LogP contribution in [-0.4, -0.2) is 23.9 Å². The lowest BCUT2D eigenvalue weighted by Gasteiger charge is -2.24. The van der Waals surface area contributed by atoms with Crippen LogP contribution in [-0.2, 0) is 6.61 Å². The second-order valence-electron chi connectivity index (χ2n) is 8.60. The third kappa shape index (κ3) is 4.94. The Hall–Kier alpha value is -4.68. The monoisotopic (exact) mass is 546 g/mol. The van der Waals surface area contributed by atoms with E-state index in [1.54, 1.807) is 25.3 Å². The Morgan fingerprint density at radius 1 is 1.13 bits per heavy atom. The van der Waals surface area contributed by atoms with E-state index in [0.717, 1.165) is 11.1 Å². The van der Waals surface area contributed by atoms with Crippen molar-refractivity contribution in [1.29, 1.82) is 5.26 Å². The second kappa shape index (κ2) is 11.0. The summed E-state index contributed by atoms with van der Waals surface area (Å²) in [6, 6.07) is 19.3. The van der Waals surface area contributed by atoms with Gasteiger partial charge in [0.15, 0.2) is 11.5 Å². The van der Waals surface area contributed by atoms with Gasteiger partial charge in [-0.3, -0.25) is 5.10 Å². The zero-order chi connectivity index (χ0) is 27.5. The molecule has 8 nitrogen and oxygen atoms in total. The first-order valence-electron chi connectivity index (χ1n) is 12.1. The molecule has 0 aliphatic carbocycles. The van der Waals surface area contributed by atoms with Gasteiger partial charge < -0.3 is 24.7 Å². The highest BCUT2D eigenvalue weighted by atomic mass is 35.5. The number of aromatic amines is 1. The Balaban J connectivity index is 1.50. The molecule has 0 radical (unpaired) electrons. The highest BCUT2D eigenvalue weighted by molar-refractivity contribution is 6.31. The number of benzene rings is 3. The second-order valence-corrected chi connectivity index (χ2v) is 9.01. The molecular weight excluding hydrogens is 523 g/mol. The molecule has 0 amide bonds. The molecule has 10 heteroatoms. The summed E-state index contributed by atoms with van der Waals surface area (Å²) in [6.45, 7) is 2.36. The van der Waals surface area contributed by atoms with Crippen molar-refractivity contribution in [1.82, 2.24) is 10.2 Å². The quantitative estimate of drug-likeness (QED) is 0.275. The Morgan fingerprint density at radius 3 is 2.62 bits per heavy atom. The van der Waals surface area contributed by atoms with E-state index in [4.69, 9.17) is 36.3 Å². The van der Waals surface area contributed by atoms with Crippen molar-refractivity contribution in [3.8, 4) is 40.5 Å². The molecule has 39 heavy (non-hydrogen) atoms. The van der Waals surface area contributed by atoms with Crippen LogP contribution in [0, 0.1) is 17.1 Å². The first-order chi connectivity index (χ1) is 18.9. The lowest BCUT2D eigenvalue weighted by Crippen LogP contribution is -2.21. The predicted octanol–water partition coefficient (Wildman–Crippen LogP) is 6.07. The molecule has 198 valence electrons. The average molecular weight is 547 g/mol. The third-order valence-corrected chi connectivity index (χ3v) is 6.70. The van der Waals surface area contributed by atoms with Gasteiger partial charge in [-0.1, -0.05) is 29.8 Å². The van der Waals surface area contributed by atoms with Gasteiger partial charge in [-0.2, -0.15) is 5.26 Å². The summed E-state index contributed by atoms with van der Waals surface area (Å²) in [4.78, 5) is 0. The van der Waals surface area contributed by atoms with Gasteiger partial charge in [0, 0.05) is 11.1 Å². The SMILES string of the molecule is CCOc1ccc(-c2[nH]nc3c2[C@H](c2ccc(OCc4c(F)cccc4Cl)cc2)C(C#N)=C(N)O3)cc1OC. The number of nitrogens with two attached hydrogens (primary N) is 1. The van der Waals surface area contributed by atoms with Gasteiger partial charge in [0.1, 0.15) is 29.8 Å². The Bertz CT molecular complexity index is 1570. The molecule has 3 N–H and O–H groups in total. The normalized spacial score (nSPS) is 14.3. The summed E-state index contributed by atoms with van der Waals surface area (Å²) in [5.41, 5.74) is 9.46. The van der Waals surface area contributed by atoms with E-state index >= 15 is 0 Å². The Labute approximate surface area is 229 Å². The van der Waals surface area contributed by atoms with Gasteiger partial charge in [0.25, 0.3) is 0 Å². The van der Waals surface area contributed by atoms with Crippen LogP contribution in [0.2, 0.25) is 5.02 Å². The van der Waals surface area contributed by atoms with Crippen molar-refractivity contribution in [2.75, 3.05) is 13.7 Å². The molecule has 3 aromatic carbocycles. The van der Waals surface area contributed by atoms with Crippen molar-refractivity contribution in [3.05, 3.63) is 99.7 Å². The molecule has 0 saturated heterocycles. The van der Waals surface area contributed by atoms with E-state index in [9.17, 15) is 9.65 Å². The smallest absolute Gasteiger partial charge is 0.244 e. The number of nitrogens with zero attached hydrogens (tertiary/aromatic N) is 2. The van der Waals surface area contributed by atoms with Gasteiger partial charge in [-0.25, -0.2) is 4.39 Å². The fraction of sp³-hybridized carbons (Fsp3) is 0.172. The fourth-order valence-electron chi connectivity index (χ4n) is 4.48. The van der Waals surface area contributed by atoms with E-state index in [2.05, 4.69) is 16.3 Å². The maximum atomic E-state index is 14.1. The Morgan fingerprint density at radius 2 is 1.92 bits per heavy atom. The summed E-state index contributed by atoms with van der Waals surface area (Å²) in [6.07, 6.45) is 0. The number of rotatable bonds is 8. The molecule has 1 aromatic heterocycles. The number of nitrogens with one attached hydrogen (secondary N) is 1. The molecule has 2 heterocycles. The van der Waals surface area contributed by atoms with E-state index < -0.39 is 11.7 Å².